The summed E-state index contributed by atoms with van der Waals surface area (Å²) < 4.78 is 0. The van der Waals surface area contributed by atoms with Crippen LogP contribution in [-0.4, -0.2) is 15.9 Å². The topological polar surface area (TPSA) is 74.8 Å². The summed E-state index contributed by atoms with van der Waals surface area (Å²) >= 11 is 12.1. The third-order valence-corrected chi connectivity index (χ3v) is 4.41. The van der Waals surface area contributed by atoms with Crippen LogP contribution in [0.2, 0.25) is 10.2 Å². The second-order valence-corrected chi connectivity index (χ2v) is 6.53. The van der Waals surface area contributed by atoms with Crippen molar-refractivity contribution in [2.24, 2.45) is 0 Å². The van der Waals surface area contributed by atoms with Crippen molar-refractivity contribution < 1.29 is 4.79 Å². The number of anilines is 1. The minimum atomic E-state index is -0.541. The van der Waals surface area contributed by atoms with Gasteiger partial charge in [0.05, 0.1) is 11.2 Å². The van der Waals surface area contributed by atoms with Crippen molar-refractivity contribution in [3.8, 4) is 0 Å². The van der Waals surface area contributed by atoms with Gasteiger partial charge in [-0.3, -0.25) is 9.59 Å². The normalized spacial score (nSPS) is 11.0. The highest BCUT2D eigenvalue weighted by Crippen LogP contribution is 2.28. The van der Waals surface area contributed by atoms with E-state index in [1.54, 1.807) is 30.3 Å². The first kappa shape index (κ1) is 16.6. The molecule has 0 fully saturated rings. The van der Waals surface area contributed by atoms with Crippen LogP contribution in [0.25, 0.3) is 21.8 Å². The van der Waals surface area contributed by atoms with Gasteiger partial charge in [0.15, 0.2) is 0 Å². The van der Waals surface area contributed by atoms with Gasteiger partial charge < -0.3 is 10.3 Å². The zero-order valence-electron chi connectivity index (χ0n) is 13.2. The molecule has 4 aromatic rings. The smallest absolute Gasteiger partial charge is 0.261 e. The van der Waals surface area contributed by atoms with E-state index in [4.69, 9.17) is 23.2 Å². The number of amides is 1. The Balaban J connectivity index is 1.80. The van der Waals surface area contributed by atoms with Crippen molar-refractivity contribution >= 4 is 56.6 Å². The molecule has 2 aromatic heterocycles. The largest absolute Gasteiger partial charge is 0.321 e. The van der Waals surface area contributed by atoms with E-state index in [9.17, 15) is 9.59 Å². The third kappa shape index (κ3) is 3.03. The lowest BCUT2D eigenvalue weighted by atomic mass is 10.1. The highest BCUT2D eigenvalue weighted by atomic mass is 35.5. The standard InChI is InChI=1S/C19H11Cl2N3O2/c20-11-5-6-15-12(8-11)16(9-17(21)22-15)24-19(26)13-7-10-3-1-2-4-14(10)23-18(13)25/h1-9H,(H,23,25)(H,22,24,26). The number of halogens is 2. The van der Waals surface area contributed by atoms with Crippen LogP contribution in [0, 0.1) is 0 Å². The van der Waals surface area contributed by atoms with E-state index in [0.717, 1.165) is 5.39 Å². The monoisotopic (exact) mass is 383 g/mol. The van der Waals surface area contributed by atoms with Gasteiger partial charge in [-0.25, -0.2) is 4.98 Å². The lowest BCUT2D eigenvalue weighted by Gasteiger charge is -2.10. The maximum Gasteiger partial charge on any atom is 0.261 e. The molecule has 128 valence electrons. The molecule has 1 amide bonds. The number of nitrogens with one attached hydrogen (secondary N) is 2. The van der Waals surface area contributed by atoms with Crippen LogP contribution in [0.4, 0.5) is 5.69 Å². The van der Waals surface area contributed by atoms with Crippen molar-refractivity contribution in [3.63, 3.8) is 0 Å². The lowest BCUT2D eigenvalue weighted by molar-refractivity contribution is 0.102. The summed E-state index contributed by atoms with van der Waals surface area (Å²) in [5, 5.41) is 4.85. The van der Waals surface area contributed by atoms with Crippen LogP contribution in [0.5, 0.6) is 0 Å². The molecular formula is C19H11Cl2N3O2. The summed E-state index contributed by atoms with van der Waals surface area (Å²) in [6.07, 6.45) is 0. The average molecular weight is 384 g/mol. The zero-order chi connectivity index (χ0) is 18.3. The van der Waals surface area contributed by atoms with Gasteiger partial charge in [0.25, 0.3) is 11.5 Å². The van der Waals surface area contributed by atoms with Crippen molar-refractivity contribution in [2.75, 3.05) is 5.32 Å². The summed E-state index contributed by atoms with van der Waals surface area (Å²) in [5.74, 6) is -0.541. The number of aromatic amines is 1. The third-order valence-electron chi connectivity index (χ3n) is 3.99. The van der Waals surface area contributed by atoms with Crippen LogP contribution in [0.3, 0.4) is 0 Å². The predicted molar refractivity (Wildman–Crippen MR) is 104 cm³/mol. The van der Waals surface area contributed by atoms with E-state index in [0.29, 0.717) is 27.1 Å². The van der Waals surface area contributed by atoms with E-state index < -0.39 is 11.5 Å². The zero-order valence-corrected chi connectivity index (χ0v) is 14.7. The Morgan fingerprint density at radius 3 is 2.69 bits per heavy atom. The average Bonchev–Trinajstić information content (AvgIpc) is 2.61. The molecule has 0 bridgehead atoms. The molecule has 2 aromatic carbocycles. The summed E-state index contributed by atoms with van der Waals surface area (Å²) in [6.45, 7) is 0. The number of fused-ring (bicyclic) bond motifs is 2. The number of carbonyl (C=O) groups is 1. The Bertz CT molecular complexity index is 1230. The fraction of sp³-hybridized carbons (Fsp3) is 0. The number of carbonyl (C=O) groups excluding carboxylic acids is 1. The van der Waals surface area contributed by atoms with Crippen LogP contribution >= 0.6 is 23.2 Å². The van der Waals surface area contributed by atoms with Crippen molar-refractivity contribution in [1.29, 1.82) is 0 Å². The summed E-state index contributed by atoms with van der Waals surface area (Å²) in [6, 6.07) is 15.4. The Hall–Kier alpha value is -2.89. The fourth-order valence-corrected chi connectivity index (χ4v) is 3.15. The number of hydrogen-bond donors (Lipinski definition) is 2. The highest BCUT2D eigenvalue weighted by molar-refractivity contribution is 6.32. The number of benzene rings is 2. The van der Waals surface area contributed by atoms with Crippen molar-refractivity contribution in [1.82, 2.24) is 9.97 Å². The molecule has 0 aliphatic rings. The van der Waals surface area contributed by atoms with Crippen LogP contribution < -0.4 is 10.9 Å². The molecule has 0 spiro atoms. The minimum absolute atomic E-state index is 0.00631. The van der Waals surface area contributed by atoms with Gasteiger partial charge in [0, 0.05) is 15.9 Å². The summed E-state index contributed by atoms with van der Waals surface area (Å²) in [4.78, 5) is 31.9. The maximum atomic E-state index is 12.7. The lowest BCUT2D eigenvalue weighted by Crippen LogP contribution is -2.23. The number of hydrogen-bond acceptors (Lipinski definition) is 3. The fourth-order valence-electron chi connectivity index (χ4n) is 2.77. The van der Waals surface area contributed by atoms with Gasteiger partial charge in [-0.2, -0.15) is 0 Å². The molecule has 26 heavy (non-hydrogen) atoms. The predicted octanol–water partition coefficient (Wildman–Crippen LogP) is 4.64. The first-order valence-corrected chi connectivity index (χ1v) is 8.46. The SMILES string of the molecule is O=C(Nc1cc(Cl)nc2ccc(Cl)cc12)c1cc2ccccc2[nH]c1=O. The molecule has 0 unspecified atom stereocenters. The first-order chi connectivity index (χ1) is 12.5. The van der Waals surface area contributed by atoms with E-state index >= 15 is 0 Å². The van der Waals surface area contributed by atoms with E-state index in [2.05, 4.69) is 15.3 Å². The van der Waals surface area contributed by atoms with Crippen LogP contribution in [0.1, 0.15) is 10.4 Å². The summed E-state index contributed by atoms with van der Waals surface area (Å²) in [5.41, 5.74) is 1.22. The molecule has 0 atom stereocenters. The minimum Gasteiger partial charge on any atom is -0.321 e. The molecule has 7 heteroatoms. The van der Waals surface area contributed by atoms with Crippen LogP contribution in [-0.2, 0) is 0 Å². The van der Waals surface area contributed by atoms with Crippen molar-refractivity contribution in [2.45, 2.75) is 0 Å². The molecule has 0 aliphatic carbocycles. The second-order valence-electron chi connectivity index (χ2n) is 5.71. The number of aromatic nitrogens is 2. The molecule has 4 rings (SSSR count). The molecule has 0 aliphatic heterocycles. The molecule has 0 radical (unpaired) electrons. The number of H-pyrrole nitrogens is 1. The number of pyridine rings is 2. The molecular weight excluding hydrogens is 373 g/mol. The van der Waals surface area contributed by atoms with Gasteiger partial charge in [-0.05, 0) is 41.8 Å². The van der Waals surface area contributed by atoms with Gasteiger partial charge in [-0.15, -0.1) is 0 Å². The Morgan fingerprint density at radius 2 is 1.85 bits per heavy atom. The van der Waals surface area contributed by atoms with Gasteiger partial charge in [0.2, 0.25) is 0 Å². The van der Waals surface area contributed by atoms with Crippen molar-refractivity contribution in [3.05, 3.63) is 80.7 Å². The Labute approximate surface area is 157 Å². The summed E-state index contributed by atoms with van der Waals surface area (Å²) in [7, 11) is 0. The van der Waals surface area contributed by atoms with E-state index in [-0.39, 0.29) is 10.7 Å². The van der Waals surface area contributed by atoms with E-state index in [1.165, 1.54) is 6.07 Å². The number of rotatable bonds is 2. The maximum absolute atomic E-state index is 12.7. The quantitative estimate of drug-likeness (QED) is 0.495. The molecule has 0 saturated heterocycles. The van der Waals surface area contributed by atoms with Gasteiger partial charge in [-0.1, -0.05) is 41.4 Å². The van der Waals surface area contributed by atoms with Gasteiger partial charge in [0.1, 0.15) is 10.7 Å². The molecule has 5 nitrogen and oxygen atoms in total. The van der Waals surface area contributed by atoms with Crippen LogP contribution in [0.15, 0.2) is 59.4 Å². The van der Waals surface area contributed by atoms with E-state index in [1.807, 2.05) is 18.2 Å². The number of nitrogens with zero attached hydrogens (tertiary/aromatic N) is 1. The molecule has 2 N–H and O–H groups in total. The number of para-hydroxylation sites is 1. The van der Waals surface area contributed by atoms with Gasteiger partial charge >= 0.3 is 0 Å². The second kappa shape index (κ2) is 6.44. The first-order valence-electron chi connectivity index (χ1n) is 7.70. The molecule has 0 saturated carbocycles. The Morgan fingerprint density at radius 1 is 1.04 bits per heavy atom. The highest BCUT2D eigenvalue weighted by Gasteiger charge is 2.14. The Kier molecular flexibility index (Phi) is 4.11. The molecule has 2 heterocycles.